The molecule has 25 nitrogen and oxygen atoms in total. The predicted octanol–water partition coefficient (Wildman–Crippen LogP) is 1.31. The van der Waals surface area contributed by atoms with Crippen LogP contribution in [0.3, 0.4) is 0 Å². The van der Waals surface area contributed by atoms with Gasteiger partial charge in [0.15, 0.2) is 29.5 Å². The van der Waals surface area contributed by atoms with Crippen LogP contribution in [0.4, 0.5) is 10.5 Å². The molecule has 4 aromatic rings. The molecule has 424 valence electrons. The van der Waals surface area contributed by atoms with Crippen LogP contribution in [0.15, 0.2) is 94.6 Å². The van der Waals surface area contributed by atoms with Crippen molar-refractivity contribution in [2.45, 2.75) is 87.1 Å². The lowest BCUT2D eigenvalue weighted by Gasteiger charge is -2.61. The van der Waals surface area contributed by atoms with E-state index in [1.54, 1.807) is 55.7 Å². The number of aliphatic hydroxyl groups is 1. The third-order valence-electron chi connectivity index (χ3n) is 15.4. The maximum atomic E-state index is 14.1. The number of nitrogens with one attached hydrogen (secondary N) is 4. The van der Waals surface area contributed by atoms with Gasteiger partial charge in [0.05, 0.1) is 47.9 Å². The van der Waals surface area contributed by atoms with Gasteiger partial charge in [0.2, 0.25) is 17.7 Å². The highest BCUT2D eigenvalue weighted by Crippen LogP contribution is 2.65. The highest BCUT2D eigenvalue weighted by molar-refractivity contribution is 6.00. The monoisotopic (exact) mass is 1100 g/mol. The molecule has 4 amide bonds. The van der Waals surface area contributed by atoms with Crippen molar-refractivity contribution >= 4 is 70.0 Å². The molecule has 7 atom stereocenters. The lowest BCUT2D eigenvalue weighted by molar-refractivity contribution is -0.163. The summed E-state index contributed by atoms with van der Waals surface area (Å²) in [6.07, 6.45) is 2.25. The van der Waals surface area contributed by atoms with Gasteiger partial charge in [0.25, 0.3) is 0 Å². The molecule has 3 heterocycles. The minimum Gasteiger partial charge on any atom is -0.493 e. The quantitative estimate of drug-likeness (QED) is 0.0233. The first kappa shape index (κ1) is 57.2. The van der Waals surface area contributed by atoms with Crippen LogP contribution in [0.1, 0.15) is 72.5 Å². The van der Waals surface area contributed by atoms with Crippen LogP contribution in [0.25, 0.3) is 10.8 Å². The van der Waals surface area contributed by atoms with Crippen LogP contribution in [-0.2, 0) is 35.8 Å². The Kier molecular flexibility index (Phi) is 17.1. The normalized spacial score (nSPS) is 22.4. The number of aliphatic imine (C=N–C) groups is 2. The molecule has 2 fully saturated rings. The van der Waals surface area contributed by atoms with Crippen molar-refractivity contribution in [2.24, 2.45) is 44.6 Å². The average Bonchev–Trinajstić information content (AvgIpc) is 4.02. The fourth-order valence-corrected chi connectivity index (χ4v) is 11.5. The number of guanidine groups is 2. The van der Waals surface area contributed by atoms with Gasteiger partial charge in [-0.15, -0.1) is 0 Å². The van der Waals surface area contributed by atoms with Gasteiger partial charge in [0, 0.05) is 50.1 Å². The summed E-state index contributed by atoms with van der Waals surface area (Å²) in [4.78, 5) is 87.2. The summed E-state index contributed by atoms with van der Waals surface area (Å²) in [5.74, 6) is -2.30. The molecule has 2 aliphatic carbocycles. The van der Waals surface area contributed by atoms with Gasteiger partial charge >= 0.3 is 18.0 Å². The number of fused-ring (bicyclic) bond motifs is 1. The highest BCUT2D eigenvalue weighted by atomic mass is 16.6. The standard InChI is InChI=1S/C36H50N8O10.C19H17N5O2/c1-19(45)40-18-27(46)42-23(5-4-12-39-33(37)38)31(47)41-17-22-15-21(32(48)49)9-13-44(22)34(50)53-25-8-10-36(51)26-16-20-6-7-24(52-3)29-28(20)35(36,30(25)54-29)11-14-43(26)2;20-17(21)14-2-1-13-10-16(8-5-12(13)9-14)26-18(25)11-3-6-15(7-4-11)24-19(22)23/h6-8,21-23,26,30,51H,4-5,9-18H2,1-3H3,(H,40,45)(H,41,47)(H,42,46)(H,48,49)(H4,37,38,39);1-10H,(H3,20,21)(H4,22,23,24)/t21?,22?,23-,26+,30-,35-,36+;/m0./s1. The lowest BCUT2D eigenvalue weighted by Crippen LogP contribution is -2.74. The number of amides is 4. The Labute approximate surface area is 460 Å². The minimum absolute atomic E-state index is 0.00609. The molecule has 0 radical (unpaired) electrons. The van der Waals surface area contributed by atoms with Crippen molar-refractivity contribution in [2.75, 3.05) is 46.9 Å². The SMILES string of the molecule is COc1ccc2c3c1O[C@H]1C(OC(=O)N4CCC(C(=O)O)CC4CNC(=O)[C@H](CCCN=C(N)N)NC(=O)CNC(C)=O)=CC[C@@]4(O)[C@@H](C2)N(C)CC[C@]314.N=C(N)c1ccc2cc(OC(=O)c3ccc(N=C(N)N)cc3)ccc2c1. The molecule has 0 aromatic heterocycles. The summed E-state index contributed by atoms with van der Waals surface area (Å²) in [6.45, 7) is 1.72. The van der Waals surface area contributed by atoms with Gasteiger partial charge in [-0.2, -0.15) is 0 Å². The molecular weight excluding hydrogens is 1030 g/mol. The zero-order valence-corrected chi connectivity index (χ0v) is 44.5. The number of piperidine rings is 2. The fourth-order valence-electron chi connectivity index (χ4n) is 11.5. The Morgan fingerprint density at radius 2 is 1.64 bits per heavy atom. The number of amidine groups is 1. The van der Waals surface area contributed by atoms with Crippen LogP contribution in [0.5, 0.6) is 17.2 Å². The van der Waals surface area contributed by atoms with E-state index in [4.69, 9.17) is 53.0 Å². The second-order valence-electron chi connectivity index (χ2n) is 20.4. The number of hydrogen-bond donors (Lipinski definition) is 11. The minimum atomic E-state index is -1.20. The van der Waals surface area contributed by atoms with Crippen molar-refractivity contribution in [3.63, 3.8) is 0 Å². The van der Waals surface area contributed by atoms with Crippen LogP contribution >= 0.6 is 0 Å². The number of nitrogens with two attached hydrogens (primary N) is 5. The van der Waals surface area contributed by atoms with Gasteiger partial charge in [-0.25, -0.2) is 14.6 Å². The van der Waals surface area contributed by atoms with E-state index >= 15 is 0 Å². The van der Waals surface area contributed by atoms with Crippen molar-refractivity contribution in [1.82, 2.24) is 25.8 Å². The first-order chi connectivity index (χ1) is 38.1. The van der Waals surface area contributed by atoms with Gasteiger partial charge in [-0.1, -0.05) is 24.3 Å². The molecule has 5 aliphatic rings. The first-order valence-electron chi connectivity index (χ1n) is 26.0. The molecule has 2 saturated heterocycles. The summed E-state index contributed by atoms with van der Waals surface area (Å²) >= 11 is 0. The maximum Gasteiger partial charge on any atom is 0.415 e. The molecule has 2 bridgehead atoms. The van der Waals surface area contributed by atoms with E-state index in [1.165, 1.54) is 11.8 Å². The third kappa shape index (κ3) is 12.0. The molecule has 3 aliphatic heterocycles. The maximum absolute atomic E-state index is 14.1. The molecule has 25 heteroatoms. The van der Waals surface area contributed by atoms with Crippen LogP contribution in [0, 0.1) is 11.3 Å². The number of ether oxygens (including phenoxy) is 4. The zero-order valence-electron chi connectivity index (χ0n) is 44.5. The lowest BCUT2D eigenvalue weighted by atomic mass is 9.50. The van der Waals surface area contributed by atoms with Gasteiger partial charge in [-0.05, 0) is 123 Å². The second kappa shape index (κ2) is 24.0. The number of nitrogen functional groups attached to an aromatic ring is 1. The van der Waals surface area contributed by atoms with E-state index < -0.39 is 70.9 Å². The number of benzene rings is 4. The number of carboxylic acid groups (broad SMARTS) is 1. The number of likely N-dealkylation sites (N-methyl/N-ethyl adjacent to an activating group) is 1. The van der Waals surface area contributed by atoms with Crippen molar-refractivity contribution in [3.05, 3.63) is 107 Å². The fraction of sp³-hybridized carbons (Fsp3) is 0.400. The molecule has 9 rings (SSSR count). The number of carboxylic acids is 1. The number of rotatable bonds is 17. The number of esters is 1. The summed E-state index contributed by atoms with van der Waals surface area (Å²) in [5, 5.41) is 39.4. The Morgan fingerprint density at radius 1 is 0.912 bits per heavy atom. The number of hydrogen-bond acceptors (Lipinski definition) is 15. The number of aliphatic carboxylic acids is 1. The summed E-state index contributed by atoms with van der Waals surface area (Å²) < 4.78 is 23.9. The van der Waals surface area contributed by atoms with Crippen molar-refractivity contribution in [3.8, 4) is 17.2 Å². The summed E-state index contributed by atoms with van der Waals surface area (Å²) in [5.41, 5.74) is 28.4. The number of carbonyl (C=O) groups is 6. The van der Waals surface area contributed by atoms with Crippen LogP contribution in [-0.4, -0.2) is 150 Å². The molecule has 16 N–H and O–H groups in total. The van der Waals surface area contributed by atoms with E-state index in [9.17, 15) is 39.0 Å². The predicted molar refractivity (Wildman–Crippen MR) is 294 cm³/mol. The number of nitrogens with zero attached hydrogens (tertiary/aromatic N) is 4. The average molecular weight is 1100 g/mol. The zero-order chi connectivity index (χ0) is 57.6. The van der Waals surface area contributed by atoms with Gasteiger partial charge in [0.1, 0.15) is 23.4 Å². The van der Waals surface area contributed by atoms with E-state index in [0.717, 1.165) is 21.9 Å². The van der Waals surface area contributed by atoms with E-state index in [2.05, 4.69) is 30.8 Å². The molecule has 1 spiro atoms. The molecule has 4 aromatic carbocycles. The van der Waals surface area contributed by atoms with Crippen LogP contribution < -0.4 is 58.8 Å². The van der Waals surface area contributed by atoms with E-state index in [0.29, 0.717) is 59.9 Å². The van der Waals surface area contributed by atoms with Crippen LogP contribution in [0.2, 0.25) is 0 Å². The smallest absolute Gasteiger partial charge is 0.415 e. The number of carbonyl (C=O) groups excluding carboxylic acids is 5. The largest absolute Gasteiger partial charge is 0.493 e. The summed E-state index contributed by atoms with van der Waals surface area (Å²) in [7, 11) is 3.56. The molecule has 2 unspecified atom stereocenters. The second-order valence-corrected chi connectivity index (χ2v) is 20.4. The van der Waals surface area contributed by atoms with E-state index in [-0.39, 0.29) is 81.4 Å². The highest BCUT2D eigenvalue weighted by Gasteiger charge is 2.72. The first-order valence-corrected chi connectivity index (χ1v) is 26.0. The van der Waals surface area contributed by atoms with E-state index in [1.807, 2.05) is 37.4 Å². The Bertz CT molecular complexity index is 3180. The third-order valence-corrected chi connectivity index (χ3v) is 15.4. The Hall–Kier alpha value is -8.97. The molecular formula is C55H67N13O12. The van der Waals surface area contributed by atoms with Crippen molar-refractivity contribution in [1.29, 1.82) is 5.41 Å². The topological polar surface area (TPSA) is 401 Å². The number of methoxy groups -OCH3 is 1. The Balaban J connectivity index is 0.000000269. The number of likely N-dealkylation sites (tertiary alicyclic amines) is 2. The van der Waals surface area contributed by atoms with Gasteiger partial charge < -0.3 is 83.6 Å². The van der Waals surface area contributed by atoms with Crippen molar-refractivity contribution < 1.29 is 57.9 Å². The summed E-state index contributed by atoms with van der Waals surface area (Å²) in [6, 6.07) is 18.9. The Morgan fingerprint density at radius 3 is 2.33 bits per heavy atom. The van der Waals surface area contributed by atoms with Gasteiger partial charge in [-0.3, -0.25) is 29.6 Å². The molecule has 0 saturated carbocycles. The molecule has 80 heavy (non-hydrogen) atoms.